The second kappa shape index (κ2) is 6.89. The van der Waals surface area contributed by atoms with Crippen molar-refractivity contribution >= 4 is 22.5 Å². The maximum atomic E-state index is 13.0. The minimum atomic E-state index is -4.60. The molecule has 0 radical (unpaired) electrons. The number of halogens is 4. The van der Waals surface area contributed by atoms with Gasteiger partial charge in [0.15, 0.2) is 5.52 Å². The molecule has 0 aliphatic carbocycles. The van der Waals surface area contributed by atoms with Crippen LogP contribution in [-0.4, -0.2) is 24.7 Å². The van der Waals surface area contributed by atoms with Crippen molar-refractivity contribution in [3.05, 3.63) is 56.6 Å². The minimum absolute atomic E-state index is 0.111. The molecule has 1 N–H and O–H groups in total. The Morgan fingerprint density at radius 3 is 2.46 bits per heavy atom. The molecule has 0 saturated carbocycles. The minimum Gasteiger partial charge on any atom is -0.379 e. The highest BCUT2D eigenvalue weighted by Gasteiger charge is 2.38. The predicted molar refractivity (Wildman–Crippen MR) is 98.2 cm³/mol. The summed E-state index contributed by atoms with van der Waals surface area (Å²) in [5.41, 5.74) is -2.57. The van der Waals surface area contributed by atoms with Gasteiger partial charge >= 0.3 is 6.18 Å². The Morgan fingerprint density at radius 1 is 1.25 bits per heavy atom. The average Bonchev–Trinajstić information content (AvgIpc) is 2.97. The summed E-state index contributed by atoms with van der Waals surface area (Å²) in [5, 5.41) is 19.5. The van der Waals surface area contributed by atoms with Crippen LogP contribution in [0.15, 0.2) is 29.2 Å². The van der Waals surface area contributed by atoms with Crippen LogP contribution in [0.5, 0.6) is 0 Å². The van der Waals surface area contributed by atoms with Gasteiger partial charge in [0.2, 0.25) is 0 Å². The molecule has 0 saturated heterocycles. The quantitative estimate of drug-likeness (QED) is 0.709. The Bertz CT molecular complexity index is 1110. The van der Waals surface area contributed by atoms with Crippen LogP contribution in [0.4, 0.5) is 13.2 Å². The molecule has 2 heterocycles. The molecule has 0 fully saturated rings. The van der Waals surface area contributed by atoms with Gasteiger partial charge in [0.25, 0.3) is 5.56 Å². The third-order valence-corrected chi connectivity index (χ3v) is 5.11. The molecule has 3 aromatic rings. The van der Waals surface area contributed by atoms with Crippen LogP contribution in [0.25, 0.3) is 10.9 Å². The molecule has 0 spiro atoms. The smallest absolute Gasteiger partial charge is 0.379 e. The maximum absolute atomic E-state index is 13.0. The summed E-state index contributed by atoms with van der Waals surface area (Å²) >= 11 is 5.84. The number of aliphatic hydroxyl groups is 1. The van der Waals surface area contributed by atoms with Crippen LogP contribution in [0.1, 0.15) is 37.1 Å². The molecule has 0 unspecified atom stereocenters. The Labute approximate surface area is 163 Å². The Balaban J connectivity index is 2.26. The van der Waals surface area contributed by atoms with Gasteiger partial charge in [0.1, 0.15) is 5.60 Å². The van der Waals surface area contributed by atoms with Crippen molar-refractivity contribution in [2.24, 2.45) is 7.05 Å². The van der Waals surface area contributed by atoms with Gasteiger partial charge in [-0.15, -0.1) is 0 Å². The molecule has 150 valence electrons. The van der Waals surface area contributed by atoms with E-state index in [-0.39, 0.29) is 23.2 Å². The highest BCUT2D eigenvalue weighted by atomic mass is 35.5. The zero-order valence-electron chi connectivity index (χ0n) is 15.4. The van der Waals surface area contributed by atoms with Gasteiger partial charge in [-0.25, -0.2) is 4.68 Å². The number of aromatic nitrogens is 4. The van der Waals surface area contributed by atoms with E-state index in [4.69, 9.17) is 11.6 Å². The number of hydrogen-bond acceptors (Lipinski definition) is 4. The molecule has 0 bridgehead atoms. The summed E-state index contributed by atoms with van der Waals surface area (Å²) in [6.45, 7) is 3.79. The fourth-order valence-electron chi connectivity index (χ4n) is 3.35. The van der Waals surface area contributed by atoms with Crippen LogP contribution in [0, 0.1) is 0 Å². The lowest BCUT2D eigenvalue weighted by molar-refractivity contribution is -0.137. The zero-order chi connectivity index (χ0) is 20.9. The van der Waals surface area contributed by atoms with E-state index in [9.17, 15) is 23.1 Å². The van der Waals surface area contributed by atoms with Crippen LogP contribution in [-0.2, 0) is 25.4 Å². The monoisotopic (exact) mass is 414 g/mol. The topological polar surface area (TPSA) is 72.9 Å². The van der Waals surface area contributed by atoms with Gasteiger partial charge in [-0.1, -0.05) is 24.6 Å². The van der Waals surface area contributed by atoms with E-state index >= 15 is 0 Å². The number of rotatable bonds is 4. The first-order valence-corrected chi connectivity index (χ1v) is 8.95. The highest BCUT2D eigenvalue weighted by molar-refractivity contribution is 6.31. The molecule has 1 atom stereocenters. The van der Waals surface area contributed by atoms with Gasteiger partial charge in [0, 0.05) is 13.6 Å². The number of aryl methyl sites for hydroxylation is 2. The van der Waals surface area contributed by atoms with E-state index in [0.717, 1.165) is 12.1 Å². The number of nitrogens with zero attached hydrogens (tertiary/aromatic N) is 4. The van der Waals surface area contributed by atoms with Crippen molar-refractivity contribution in [3.63, 3.8) is 0 Å². The van der Waals surface area contributed by atoms with Crippen molar-refractivity contribution in [2.45, 2.75) is 38.6 Å². The lowest BCUT2D eigenvalue weighted by Crippen LogP contribution is -2.30. The van der Waals surface area contributed by atoms with E-state index < -0.39 is 27.9 Å². The lowest BCUT2D eigenvalue weighted by Gasteiger charge is -2.28. The van der Waals surface area contributed by atoms with E-state index in [1.807, 2.05) is 0 Å². The first-order chi connectivity index (χ1) is 13.0. The number of alkyl halides is 3. The number of fused-ring (bicyclic) bond motifs is 1. The number of benzene rings is 1. The van der Waals surface area contributed by atoms with Crippen molar-refractivity contribution in [1.29, 1.82) is 0 Å². The van der Waals surface area contributed by atoms with Gasteiger partial charge < -0.3 is 5.11 Å². The van der Waals surface area contributed by atoms with E-state index in [1.54, 1.807) is 20.9 Å². The Kier molecular flexibility index (Phi) is 5.01. The summed E-state index contributed by atoms with van der Waals surface area (Å²) in [6.07, 6.45) is -3.07. The SMILES string of the molecule is CCn1ncc2c([C@@](O)(CC)c3ccc(C(F)(F)F)c(Cl)c3)n(C)nc2c1=O. The number of hydrogen-bond donors (Lipinski definition) is 1. The average molecular weight is 415 g/mol. The van der Waals surface area contributed by atoms with E-state index in [2.05, 4.69) is 10.2 Å². The summed E-state index contributed by atoms with van der Waals surface area (Å²) in [4.78, 5) is 12.5. The third kappa shape index (κ3) is 3.08. The zero-order valence-corrected chi connectivity index (χ0v) is 16.1. The van der Waals surface area contributed by atoms with Gasteiger partial charge in [-0.2, -0.15) is 23.4 Å². The van der Waals surface area contributed by atoms with Gasteiger partial charge in [-0.05, 0) is 31.0 Å². The Hall–Kier alpha value is -2.39. The molecule has 0 amide bonds. The van der Waals surface area contributed by atoms with Crippen LogP contribution >= 0.6 is 11.6 Å². The molecule has 0 aliphatic rings. The fraction of sp³-hybridized carbons (Fsp3) is 0.389. The van der Waals surface area contributed by atoms with Crippen molar-refractivity contribution in [2.75, 3.05) is 0 Å². The second-order valence-corrected chi connectivity index (χ2v) is 6.81. The summed E-state index contributed by atoms with van der Waals surface area (Å²) in [5.74, 6) is 0. The molecule has 0 aliphatic heterocycles. The van der Waals surface area contributed by atoms with E-state index in [1.165, 1.54) is 21.6 Å². The summed E-state index contributed by atoms with van der Waals surface area (Å²) < 4.78 is 41.6. The summed E-state index contributed by atoms with van der Waals surface area (Å²) in [7, 11) is 1.55. The third-order valence-electron chi connectivity index (χ3n) is 4.80. The highest BCUT2D eigenvalue weighted by Crippen LogP contribution is 2.40. The van der Waals surface area contributed by atoms with Crippen LogP contribution in [0.2, 0.25) is 5.02 Å². The summed E-state index contributed by atoms with van der Waals surface area (Å²) in [6, 6.07) is 3.10. The standard InChI is InChI=1S/C18H18ClF3N4O2/c1-4-17(28,10-6-7-12(13(19)8-10)18(20,21)22)15-11-9-23-26(5-2)16(27)14(11)24-25(15)3/h6-9,28H,4-5H2,1-3H3/t17-/m1/s1. The van der Waals surface area contributed by atoms with Crippen LogP contribution in [0.3, 0.4) is 0 Å². The lowest BCUT2D eigenvalue weighted by atomic mass is 9.86. The first kappa shape index (κ1) is 20.3. The molecular weight excluding hydrogens is 397 g/mol. The molecule has 3 rings (SSSR count). The molecule has 2 aromatic heterocycles. The van der Waals surface area contributed by atoms with Crippen molar-refractivity contribution in [1.82, 2.24) is 19.6 Å². The molecule has 28 heavy (non-hydrogen) atoms. The van der Waals surface area contributed by atoms with E-state index in [0.29, 0.717) is 11.9 Å². The van der Waals surface area contributed by atoms with Crippen molar-refractivity contribution in [3.8, 4) is 0 Å². The normalized spacial score (nSPS) is 14.4. The van der Waals surface area contributed by atoms with Gasteiger partial charge in [0.05, 0.1) is 27.9 Å². The first-order valence-electron chi connectivity index (χ1n) is 8.57. The predicted octanol–water partition coefficient (Wildman–Crippen LogP) is 3.47. The van der Waals surface area contributed by atoms with Crippen molar-refractivity contribution < 1.29 is 18.3 Å². The molecule has 6 nitrogen and oxygen atoms in total. The molecular formula is C18H18ClF3N4O2. The molecule has 1 aromatic carbocycles. The maximum Gasteiger partial charge on any atom is 0.417 e. The molecule has 10 heteroatoms. The van der Waals surface area contributed by atoms with Crippen LogP contribution < -0.4 is 5.56 Å². The Morgan fingerprint density at radius 2 is 1.93 bits per heavy atom. The largest absolute Gasteiger partial charge is 0.417 e. The fourth-order valence-corrected chi connectivity index (χ4v) is 3.64. The second-order valence-electron chi connectivity index (χ2n) is 6.41. The van der Waals surface area contributed by atoms with Gasteiger partial charge in [-0.3, -0.25) is 9.48 Å².